The van der Waals surface area contributed by atoms with Gasteiger partial charge in [0.1, 0.15) is 12.4 Å². The summed E-state index contributed by atoms with van der Waals surface area (Å²) < 4.78 is 39.7. The predicted molar refractivity (Wildman–Crippen MR) is 65.7 cm³/mol. The van der Waals surface area contributed by atoms with Gasteiger partial charge in [-0.15, -0.1) is 0 Å². The number of benzene rings is 1. The molecule has 3 nitrogen and oxygen atoms in total. The number of aromatic nitrogens is 2. The summed E-state index contributed by atoms with van der Waals surface area (Å²) in [6.45, 7) is 3.63. The summed E-state index contributed by atoms with van der Waals surface area (Å²) in [6, 6.07) is 3.55. The van der Waals surface area contributed by atoms with Gasteiger partial charge in [-0.3, -0.25) is 0 Å². The smallest absolute Gasteiger partial charge is 0.388 e. The molecule has 0 aliphatic heterocycles. The molecule has 2 aromatic rings. The average molecular weight is 272 g/mol. The lowest BCUT2D eigenvalue weighted by Gasteiger charge is -2.15. The molecule has 2 rings (SSSR count). The van der Waals surface area contributed by atoms with Crippen LogP contribution in [0.3, 0.4) is 0 Å². The number of aliphatic hydroxyl groups excluding tert-OH is 1. The maximum Gasteiger partial charge on any atom is 0.416 e. The standard InChI is InChI=1S/C13H15F3N2O/c1-3-8(2)18-11-5-4-9(13(14,15)16)6-10(11)17-12(18)7-19/h4-6,8,19H,3,7H2,1-2H3. The van der Waals surface area contributed by atoms with Gasteiger partial charge in [-0.2, -0.15) is 13.2 Å². The second kappa shape index (κ2) is 4.85. The molecule has 0 saturated heterocycles. The van der Waals surface area contributed by atoms with E-state index in [0.29, 0.717) is 11.3 Å². The van der Waals surface area contributed by atoms with Crippen LogP contribution in [0.5, 0.6) is 0 Å². The van der Waals surface area contributed by atoms with Crippen molar-refractivity contribution in [2.45, 2.75) is 39.1 Å². The molecule has 1 N–H and O–H groups in total. The van der Waals surface area contributed by atoms with Crippen molar-refractivity contribution in [2.75, 3.05) is 0 Å². The fraction of sp³-hybridized carbons (Fsp3) is 0.462. The van der Waals surface area contributed by atoms with E-state index in [1.54, 1.807) is 4.57 Å². The molecule has 1 aromatic carbocycles. The molecule has 0 amide bonds. The highest BCUT2D eigenvalue weighted by atomic mass is 19.4. The molecule has 0 spiro atoms. The van der Waals surface area contributed by atoms with E-state index in [0.717, 1.165) is 18.6 Å². The second-order valence-electron chi connectivity index (χ2n) is 4.51. The van der Waals surface area contributed by atoms with E-state index < -0.39 is 11.7 Å². The Hall–Kier alpha value is -1.56. The monoisotopic (exact) mass is 272 g/mol. The molecule has 0 aliphatic rings. The number of hydrogen-bond donors (Lipinski definition) is 1. The number of rotatable bonds is 3. The van der Waals surface area contributed by atoms with E-state index in [9.17, 15) is 18.3 Å². The zero-order valence-electron chi connectivity index (χ0n) is 10.7. The van der Waals surface area contributed by atoms with Crippen molar-refractivity contribution in [2.24, 2.45) is 0 Å². The van der Waals surface area contributed by atoms with E-state index in [4.69, 9.17) is 0 Å². The molecule has 0 aliphatic carbocycles. The first kappa shape index (κ1) is 13.9. The molecule has 0 bridgehead atoms. The van der Waals surface area contributed by atoms with Gasteiger partial charge in [0.25, 0.3) is 0 Å². The highest BCUT2D eigenvalue weighted by Crippen LogP contribution is 2.32. The normalized spacial score (nSPS) is 14.0. The van der Waals surface area contributed by atoms with Crippen molar-refractivity contribution in [3.63, 3.8) is 0 Å². The molecule has 6 heteroatoms. The zero-order valence-corrected chi connectivity index (χ0v) is 10.7. The van der Waals surface area contributed by atoms with E-state index in [2.05, 4.69) is 4.98 Å². The van der Waals surface area contributed by atoms with Crippen LogP contribution in [0.1, 0.15) is 37.7 Å². The van der Waals surface area contributed by atoms with Gasteiger partial charge in [0.05, 0.1) is 16.6 Å². The Balaban J connectivity index is 2.64. The lowest BCUT2D eigenvalue weighted by atomic mass is 10.2. The molecule has 1 aromatic heterocycles. The molecule has 1 atom stereocenters. The fourth-order valence-corrected chi connectivity index (χ4v) is 2.11. The number of halogens is 3. The van der Waals surface area contributed by atoms with Crippen LogP contribution in [0.15, 0.2) is 18.2 Å². The van der Waals surface area contributed by atoms with Gasteiger partial charge in [0.2, 0.25) is 0 Å². The summed E-state index contributed by atoms with van der Waals surface area (Å²) in [4.78, 5) is 4.09. The number of imidazole rings is 1. The Labute approximate surface area is 108 Å². The molecular weight excluding hydrogens is 257 g/mol. The van der Waals surface area contributed by atoms with Crippen LogP contribution in [0.4, 0.5) is 13.2 Å². The first-order chi connectivity index (χ1) is 8.88. The van der Waals surface area contributed by atoms with Crippen LogP contribution in [0.25, 0.3) is 11.0 Å². The van der Waals surface area contributed by atoms with Gasteiger partial charge < -0.3 is 9.67 Å². The minimum Gasteiger partial charge on any atom is -0.388 e. The number of hydrogen-bond acceptors (Lipinski definition) is 2. The Morgan fingerprint density at radius 1 is 1.37 bits per heavy atom. The molecule has 104 valence electrons. The van der Waals surface area contributed by atoms with Crippen molar-refractivity contribution in [1.29, 1.82) is 0 Å². The van der Waals surface area contributed by atoms with E-state index in [-0.39, 0.29) is 18.2 Å². The minimum atomic E-state index is -4.38. The number of nitrogens with zero attached hydrogens (tertiary/aromatic N) is 2. The molecule has 0 radical (unpaired) electrons. The lowest BCUT2D eigenvalue weighted by Crippen LogP contribution is -2.08. The summed E-state index contributed by atoms with van der Waals surface area (Å²) in [5.74, 6) is 0.392. The molecule has 0 fully saturated rings. The van der Waals surface area contributed by atoms with Gasteiger partial charge in [-0.05, 0) is 31.5 Å². The zero-order chi connectivity index (χ0) is 14.2. The predicted octanol–water partition coefficient (Wildman–Crippen LogP) is 3.52. The second-order valence-corrected chi connectivity index (χ2v) is 4.51. The quantitative estimate of drug-likeness (QED) is 0.928. The Morgan fingerprint density at radius 2 is 2.05 bits per heavy atom. The first-order valence-corrected chi connectivity index (χ1v) is 6.07. The average Bonchev–Trinajstić information content (AvgIpc) is 2.74. The SMILES string of the molecule is CCC(C)n1c(CO)nc2cc(C(F)(F)F)ccc21. The van der Waals surface area contributed by atoms with Crippen molar-refractivity contribution in [3.05, 3.63) is 29.6 Å². The van der Waals surface area contributed by atoms with Crippen molar-refractivity contribution in [1.82, 2.24) is 9.55 Å². The highest BCUT2D eigenvalue weighted by molar-refractivity contribution is 5.77. The summed E-state index contributed by atoms with van der Waals surface area (Å²) >= 11 is 0. The Kier molecular flexibility index (Phi) is 3.54. The maximum absolute atomic E-state index is 12.6. The van der Waals surface area contributed by atoms with E-state index >= 15 is 0 Å². The third-order valence-corrected chi connectivity index (χ3v) is 3.26. The summed E-state index contributed by atoms with van der Waals surface area (Å²) in [5, 5.41) is 9.29. The van der Waals surface area contributed by atoms with Crippen molar-refractivity contribution in [3.8, 4) is 0 Å². The Morgan fingerprint density at radius 3 is 2.58 bits per heavy atom. The van der Waals surface area contributed by atoms with Crippen LogP contribution in [-0.4, -0.2) is 14.7 Å². The van der Waals surface area contributed by atoms with Crippen LogP contribution >= 0.6 is 0 Å². The van der Waals surface area contributed by atoms with Gasteiger partial charge in [-0.25, -0.2) is 4.98 Å². The maximum atomic E-state index is 12.6. The first-order valence-electron chi connectivity index (χ1n) is 6.07. The molecule has 19 heavy (non-hydrogen) atoms. The third-order valence-electron chi connectivity index (χ3n) is 3.26. The van der Waals surface area contributed by atoms with Crippen molar-refractivity contribution >= 4 is 11.0 Å². The third kappa shape index (κ3) is 2.45. The van der Waals surface area contributed by atoms with E-state index in [1.807, 2.05) is 13.8 Å². The Bertz CT molecular complexity index is 589. The van der Waals surface area contributed by atoms with Crippen LogP contribution in [0.2, 0.25) is 0 Å². The van der Waals surface area contributed by atoms with Crippen LogP contribution in [0, 0.1) is 0 Å². The summed E-state index contributed by atoms with van der Waals surface area (Å²) in [7, 11) is 0. The van der Waals surface area contributed by atoms with E-state index in [1.165, 1.54) is 6.07 Å². The lowest BCUT2D eigenvalue weighted by molar-refractivity contribution is -0.137. The van der Waals surface area contributed by atoms with Crippen molar-refractivity contribution < 1.29 is 18.3 Å². The van der Waals surface area contributed by atoms with Gasteiger partial charge in [-0.1, -0.05) is 6.92 Å². The molecule has 1 heterocycles. The van der Waals surface area contributed by atoms with Crippen LogP contribution < -0.4 is 0 Å². The number of alkyl halides is 3. The summed E-state index contributed by atoms with van der Waals surface area (Å²) in [6.07, 6.45) is -3.58. The highest BCUT2D eigenvalue weighted by Gasteiger charge is 2.31. The van der Waals surface area contributed by atoms with Crippen LogP contribution in [-0.2, 0) is 12.8 Å². The largest absolute Gasteiger partial charge is 0.416 e. The minimum absolute atomic E-state index is 0.0730. The topological polar surface area (TPSA) is 38.0 Å². The number of fused-ring (bicyclic) bond motifs is 1. The van der Waals surface area contributed by atoms with Gasteiger partial charge in [0, 0.05) is 6.04 Å². The molecule has 0 saturated carbocycles. The molecular formula is C13H15F3N2O. The molecule has 1 unspecified atom stereocenters. The number of aliphatic hydroxyl groups is 1. The van der Waals surface area contributed by atoms with Gasteiger partial charge >= 0.3 is 6.18 Å². The fourth-order valence-electron chi connectivity index (χ4n) is 2.11. The van der Waals surface area contributed by atoms with Gasteiger partial charge in [0.15, 0.2) is 0 Å². The summed E-state index contributed by atoms with van der Waals surface area (Å²) in [5.41, 5.74) is 0.156.